The molecule has 0 atom stereocenters. The van der Waals surface area contributed by atoms with Crippen molar-refractivity contribution in [3.63, 3.8) is 0 Å². The van der Waals surface area contributed by atoms with Gasteiger partial charge in [-0.05, 0) is 48.5 Å². The van der Waals surface area contributed by atoms with Gasteiger partial charge in [0.1, 0.15) is 0 Å². The molecule has 1 aromatic heterocycles. The van der Waals surface area contributed by atoms with E-state index in [1.807, 2.05) is 96.0 Å². The normalized spacial score (nSPS) is 10.4. The molecule has 0 spiro atoms. The van der Waals surface area contributed by atoms with E-state index in [9.17, 15) is 4.79 Å². The zero-order valence-corrected chi connectivity index (χ0v) is 14.6. The zero-order valence-electron chi connectivity index (χ0n) is 14.6. The molecule has 27 heavy (non-hydrogen) atoms. The number of furan rings is 1. The lowest BCUT2D eigenvalue weighted by molar-refractivity contribution is 0.0960. The first-order valence-electron chi connectivity index (χ1n) is 8.68. The van der Waals surface area contributed by atoms with E-state index >= 15 is 0 Å². The molecule has 4 aromatic rings. The van der Waals surface area contributed by atoms with Gasteiger partial charge in [-0.1, -0.05) is 54.6 Å². The first-order valence-corrected chi connectivity index (χ1v) is 8.68. The Bertz CT molecular complexity index is 945. The van der Waals surface area contributed by atoms with Crippen molar-refractivity contribution in [2.45, 2.75) is 0 Å². The Kier molecular flexibility index (Phi) is 4.70. The average molecular weight is 354 g/mol. The van der Waals surface area contributed by atoms with Gasteiger partial charge in [-0.2, -0.15) is 0 Å². The average Bonchev–Trinajstić information content (AvgIpc) is 3.28. The summed E-state index contributed by atoms with van der Waals surface area (Å²) in [6.07, 6.45) is 1.51. The van der Waals surface area contributed by atoms with Gasteiger partial charge in [-0.25, -0.2) is 10.0 Å². The van der Waals surface area contributed by atoms with Crippen LogP contribution in [0.25, 0.3) is 0 Å². The van der Waals surface area contributed by atoms with Crippen molar-refractivity contribution in [2.24, 2.45) is 0 Å². The predicted octanol–water partition coefficient (Wildman–Crippen LogP) is 5.68. The maximum absolute atomic E-state index is 13.4. The molecule has 0 aliphatic heterocycles. The van der Waals surface area contributed by atoms with Crippen LogP contribution < -0.4 is 10.0 Å². The number of anilines is 3. The van der Waals surface area contributed by atoms with Gasteiger partial charge in [-0.3, -0.25) is 4.79 Å². The molecule has 0 unspecified atom stereocenters. The lowest BCUT2D eigenvalue weighted by Gasteiger charge is -2.36. The van der Waals surface area contributed by atoms with E-state index in [-0.39, 0.29) is 11.7 Å². The van der Waals surface area contributed by atoms with Crippen LogP contribution in [0.4, 0.5) is 17.1 Å². The molecule has 0 bridgehead atoms. The molecule has 4 rings (SSSR count). The van der Waals surface area contributed by atoms with Crippen LogP contribution in [0, 0.1) is 0 Å². The summed E-state index contributed by atoms with van der Waals surface area (Å²) in [5.74, 6) is 0.0228. The highest BCUT2D eigenvalue weighted by Crippen LogP contribution is 2.32. The van der Waals surface area contributed by atoms with Crippen molar-refractivity contribution in [1.82, 2.24) is 0 Å². The SMILES string of the molecule is O=C(c1ccco1)N(c1ccccc1)N(c1ccccc1)c1ccccc1. The summed E-state index contributed by atoms with van der Waals surface area (Å²) >= 11 is 0. The number of para-hydroxylation sites is 3. The Morgan fingerprint density at radius 1 is 0.593 bits per heavy atom. The molecule has 4 heteroatoms. The third-order valence-corrected chi connectivity index (χ3v) is 4.13. The Labute approximate surface area is 157 Å². The molecular formula is C23H18N2O2. The lowest BCUT2D eigenvalue weighted by atomic mass is 10.2. The fraction of sp³-hybridized carbons (Fsp3) is 0. The minimum Gasteiger partial charge on any atom is -0.459 e. The second-order valence-electron chi connectivity index (χ2n) is 5.91. The number of hydrazine groups is 1. The van der Waals surface area contributed by atoms with Crippen molar-refractivity contribution in [1.29, 1.82) is 0 Å². The standard InChI is InChI=1S/C23H18N2O2/c26-23(22-17-10-18-27-22)25(21-15-8-3-9-16-21)24(19-11-4-1-5-12-19)20-13-6-2-7-14-20/h1-18H. The number of carbonyl (C=O) groups is 1. The lowest BCUT2D eigenvalue weighted by Crippen LogP contribution is -2.44. The maximum atomic E-state index is 13.4. The minimum atomic E-state index is -0.251. The highest BCUT2D eigenvalue weighted by atomic mass is 16.3. The molecule has 0 radical (unpaired) electrons. The van der Waals surface area contributed by atoms with E-state index < -0.39 is 0 Å². The number of benzene rings is 3. The largest absolute Gasteiger partial charge is 0.459 e. The second-order valence-corrected chi connectivity index (χ2v) is 5.91. The van der Waals surface area contributed by atoms with Gasteiger partial charge >= 0.3 is 5.91 Å². The van der Waals surface area contributed by atoms with Gasteiger partial charge < -0.3 is 4.42 Å². The number of hydrogen-bond donors (Lipinski definition) is 0. The Balaban J connectivity index is 1.90. The second kappa shape index (κ2) is 7.62. The Morgan fingerprint density at radius 3 is 1.52 bits per heavy atom. The topological polar surface area (TPSA) is 36.7 Å². The van der Waals surface area contributed by atoms with Crippen molar-refractivity contribution < 1.29 is 9.21 Å². The summed E-state index contributed by atoms with van der Waals surface area (Å²) in [4.78, 5) is 13.4. The summed E-state index contributed by atoms with van der Waals surface area (Å²) in [5.41, 5.74) is 2.48. The van der Waals surface area contributed by atoms with Crippen molar-refractivity contribution in [3.8, 4) is 0 Å². The Morgan fingerprint density at radius 2 is 1.07 bits per heavy atom. The summed E-state index contributed by atoms with van der Waals surface area (Å²) in [6.45, 7) is 0. The van der Waals surface area contributed by atoms with E-state index in [2.05, 4.69) is 0 Å². The van der Waals surface area contributed by atoms with Crippen LogP contribution in [0.15, 0.2) is 114 Å². The van der Waals surface area contributed by atoms with Crippen LogP contribution in [-0.4, -0.2) is 5.91 Å². The molecule has 0 N–H and O–H groups in total. The molecule has 1 amide bonds. The van der Waals surface area contributed by atoms with Gasteiger partial charge in [0.2, 0.25) is 0 Å². The summed E-state index contributed by atoms with van der Waals surface area (Å²) in [7, 11) is 0. The number of hydrogen-bond acceptors (Lipinski definition) is 3. The first kappa shape index (κ1) is 16.7. The third kappa shape index (κ3) is 3.46. The molecule has 0 aliphatic rings. The van der Waals surface area contributed by atoms with E-state index in [1.165, 1.54) is 6.26 Å². The first-order chi connectivity index (χ1) is 13.3. The molecule has 0 aliphatic carbocycles. The van der Waals surface area contributed by atoms with Crippen molar-refractivity contribution in [3.05, 3.63) is 115 Å². The van der Waals surface area contributed by atoms with Gasteiger partial charge in [0, 0.05) is 0 Å². The minimum absolute atomic E-state index is 0.251. The van der Waals surface area contributed by atoms with Gasteiger partial charge in [-0.15, -0.1) is 0 Å². The van der Waals surface area contributed by atoms with Crippen LogP contribution in [0.1, 0.15) is 10.6 Å². The third-order valence-electron chi connectivity index (χ3n) is 4.13. The van der Waals surface area contributed by atoms with Crippen LogP contribution in [0.2, 0.25) is 0 Å². The van der Waals surface area contributed by atoms with Gasteiger partial charge in [0.05, 0.1) is 23.3 Å². The van der Waals surface area contributed by atoms with E-state index in [4.69, 9.17) is 4.42 Å². The highest BCUT2D eigenvalue weighted by molar-refractivity contribution is 6.07. The number of carbonyl (C=O) groups excluding carboxylic acids is 1. The molecule has 4 nitrogen and oxygen atoms in total. The van der Waals surface area contributed by atoms with Crippen LogP contribution in [-0.2, 0) is 0 Å². The smallest absolute Gasteiger partial charge is 0.313 e. The van der Waals surface area contributed by atoms with Crippen LogP contribution in [0.5, 0.6) is 0 Å². The fourth-order valence-corrected chi connectivity index (χ4v) is 2.92. The van der Waals surface area contributed by atoms with E-state index in [0.29, 0.717) is 0 Å². The summed E-state index contributed by atoms with van der Waals surface area (Å²) in [5, 5.41) is 3.52. The molecule has 1 heterocycles. The fourth-order valence-electron chi connectivity index (χ4n) is 2.92. The quantitative estimate of drug-likeness (QED) is 0.433. The van der Waals surface area contributed by atoms with Crippen molar-refractivity contribution in [2.75, 3.05) is 10.0 Å². The molecular weight excluding hydrogens is 336 g/mol. The van der Waals surface area contributed by atoms with Gasteiger partial charge in [0.25, 0.3) is 0 Å². The van der Waals surface area contributed by atoms with Crippen LogP contribution >= 0.6 is 0 Å². The zero-order chi connectivity index (χ0) is 18.5. The molecule has 132 valence electrons. The molecule has 0 saturated heterocycles. The van der Waals surface area contributed by atoms with Crippen molar-refractivity contribution >= 4 is 23.0 Å². The molecule has 0 fully saturated rings. The number of nitrogens with zero attached hydrogens (tertiary/aromatic N) is 2. The number of rotatable bonds is 5. The number of amides is 1. The monoisotopic (exact) mass is 354 g/mol. The predicted molar refractivity (Wildman–Crippen MR) is 107 cm³/mol. The molecule has 0 saturated carbocycles. The summed E-state index contributed by atoms with van der Waals surface area (Å²) in [6, 6.07) is 32.5. The van der Waals surface area contributed by atoms with E-state index in [0.717, 1.165) is 17.1 Å². The van der Waals surface area contributed by atoms with E-state index in [1.54, 1.807) is 17.1 Å². The highest BCUT2D eigenvalue weighted by Gasteiger charge is 2.28. The van der Waals surface area contributed by atoms with Gasteiger partial charge in [0.15, 0.2) is 5.76 Å². The Hall–Kier alpha value is -3.79. The summed E-state index contributed by atoms with van der Waals surface area (Å²) < 4.78 is 5.40. The molecule has 3 aromatic carbocycles. The van der Waals surface area contributed by atoms with Crippen LogP contribution in [0.3, 0.4) is 0 Å². The maximum Gasteiger partial charge on any atom is 0.313 e.